The van der Waals surface area contributed by atoms with Crippen LogP contribution in [0, 0.1) is 0 Å². The van der Waals surface area contributed by atoms with Crippen LogP contribution >= 0.6 is 0 Å². The highest BCUT2D eigenvalue weighted by atomic mass is 16.6. The van der Waals surface area contributed by atoms with Crippen molar-refractivity contribution >= 4 is 11.8 Å². The molecular formula is C21H36O5. The molecule has 0 rings (SSSR count). The van der Waals surface area contributed by atoms with Gasteiger partial charge < -0.3 is 14.9 Å². The minimum atomic E-state index is -0.812. The van der Waals surface area contributed by atoms with E-state index in [1.807, 2.05) is 12.2 Å². The number of carbonyl (C=O) groups excluding carboxylic acids is 2. The van der Waals surface area contributed by atoms with E-state index < -0.39 is 6.10 Å². The molecule has 0 saturated carbocycles. The van der Waals surface area contributed by atoms with E-state index in [2.05, 4.69) is 13.0 Å². The molecule has 0 bridgehead atoms. The quantitative estimate of drug-likeness (QED) is 0.176. The Morgan fingerprint density at radius 2 is 1.54 bits per heavy atom. The van der Waals surface area contributed by atoms with Crippen LogP contribution in [0.5, 0.6) is 0 Å². The third kappa shape index (κ3) is 16.0. The summed E-state index contributed by atoms with van der Waals surface area (Å²) in [7, 11) is 0. The molecule has 0 aromatic rings. The molecule has 2 N–H and O–H groups in total. The third-order valence-corrected chi connectivity index (χ3v) is 4.01. The van der Waals surface area contributed by atoms with Crippen LogP contribution in [-0.4, -0.2) is 41.3 Å². The van der Waals surface area contributed by atoms with Gasteiger partial charge >= 0.3 is 5.97 Å². The molecule has 5 nitrogen and oxygen atoms in total. The predicted octanol–water partition coefficient (Wildman–Crippen LogP) is 3.88. The van der Waals surface area contributed by atoms with Gasteiger partial charge in [0.2, 0.25) is 0 Å². The first-order chi connectivity index (χ1) is 12.6. The summed E-state index contributed by atoms with van der Waals surface area (Å²) in [4.78, 5) is 23.1. The molecule has 0 radical (unpaired) electrons. The van der Waals surface area contributed by atoms with E-state index in [0.29, 0.717) is 12.8 Å². The van der Waals surface area contributed by atoms with Crippen LogP contribution in [0.15, 0.2) is 24.3 Å². The highest BCUT2D eigenvalue weighted by molar-refractivity contribution is 5.89. The van der Waals surface area contributed by atoms with E-state index in [-0.39, 0.29) is 25.0 Å². The zero-order chi connectivity index (χ0) is 19.5. The maximum Gasteiger partial charge on any atom is 0.306 e. The lowest BCUT2D eigenvalue weighted by atomic mass is 10.1. The fourth-order valence-corrected chi connectivity index (χ4v) is 2.41. The van der Waals surface area contributed by atoms with Crippen molar-refractivity contribution in [2.24, 2.45) is 0 Å². The summed E-state index contributed by atoms with van der Waals surface area (Å²) in [6, 6.07) is 0. The number of unbranched alkanes of at least 4 members (excludes halogenated alkanes) is 7. The SMILES string of the molecule is CCCCC/C=C\C=C\C(=O)CCCCCCCC(=O)OC(CO)CO. The highest BCUT2D eigenvalue weighted by Gasteiger charge is 2.11. The summed E-state index contributed by atoms with van der Waals surface area (Å²) in [5, 5.41) is 17.7. The van der Waals surface area contributed by atoms with Crippen molar-refractivity contribution < 1.29 is 24.5 Å². The molecular weight excluding hydrogens is 332 g/mol. The van der Waals surface area contributed by atoms with Crippen LogP contribution < -0.4 is 0 Å². The molecule has 0 spiro atoms. The minimum Gasteiger partial charge on any atom is -0.457 e. The molecule has 0 heterocycles. The molecule has 0 atom stereocenters. The maximum absolute atomic E-state index is 11.7. The second-order valence-corrected chi connectivity index (χ2v) is 6.49. The van der Waals surface area contributed by atoms with Crippen LogP contribution in [0.3, 0.4) is 0 Å². The van der Waals surface area contributed by atoms with Crippen LogP contribution in [0.2, 0.25) is 0 Å². The van der Waals surface area contributed by atoms with Crippen LogP contribution in [0.4, 0.5) is 0 Å². The fraction of sp³-hybridized carbons (Fsp3) is 0.714. The average Bonchev–Trinajstić information content (AvgIpc) is 2.64. The summed E-state index contributed by atoms with van der Waals surface area (Å²) in [5.74, 6) is -0.230. The van der Waals surface area contributed by atoms with Crippen LogP contribution in [0.1, 0.15) is 77.6 Å². The molecule has 0 saturated heterocycles. The molecule has 0 aromatic carbocycles. The van der Waals surface area contributed by atoms with E-state index in [0.717, 1.165) is 38.5 Å². The number of carbonyl (C=O) groups is 2. The van der Waals surface area contributed by atoms with Gasteiger partial charge in [-0.2, -0.15) is 0 Å². The molecule has 0 fully saturated rings. The summed E-state index contributed by atoms with van der Waals surface area (Å²) >= 11 is 0. The number of ketones is 1. The normalized spacial score (nSPS) is 11.7. The Morgan fingerprint density at radius 1 is 0.885 bits per heavy atom. The van der Waals surface area contributed by atoms with Crippen molar-refractivity contribution in [3.8, 4) is 0 Å². The standard InChI is InChI=1S/C21H36O5/c1-2-3-4-5-6-8-11-14-19(24)15-12-9-7-10-13-16-21(25)26-20(17-22)18-23/h6,8,11,14,20,22-23H,2-5,7,9-10,12-13,15-18H2,1H3/b8-6-,14-11+. The maximum atomic E-state index is 11.7. The first-order valence-electron chi connectivity index (χ1n) is 9.91. The van der Waals surface area contributed by atoms with Crippen molar-refractivity contribution in [3.63, 3.8) is 0 Å². The number of aliphatic hydroxyl groups is 2. The average molecular weight is 369 g/mol. The van der Waals surface area contributed by atoms with Crippen LogP contribution in [-0.2, 0) is 14.3 Å². The van der Waals surface area contributed by atoms with Crippen molar-refractivity contribution in [2.45, 2.75) is 83.7 Å². The van der Waals surface area contributed by atoms with E-state index in [1.54, 1.807) is 6.08 Å². The second kappa shape index (κ2) is 18.3. The minimum absolute atomic E-state index is 0.158. The lowest BCUT2D eigenvalue weighted by molar-refractivity contribution is -0.153. The molecule has 0 aliphatic rings. The Morgan fingerprint density at radius 3 is 2.19 bits per heavy atom. The summed E-state index contributed by atoms with van der Waals surface area (Å²) in [5.41, 5.74) is 0. The number of rotatable bonds is 17. The van der Waals surface area contributed by atoms with Crippen LogP contribution in [0.25, 0.3) is 0 Å². The third-order valence-electron chi connectivity index (χ3n) is 4.01. The Balaban J connectivity index is 3.54. The summed E-state index contributed by atoms with van der Waals surface area (Å²) in [6.07, 6.45) is 16.8. The largest absolute Gasteiger partial charge is 0.457 e. The van der Waals surface area contributed by atoms with Crippen molar-refractivity contribution in [1.29, 1.82) is 0 Å². The monoisotopic (exact) mass is 368 g/mol. The summed E-state index contributed by atoms with van der Waals surface area (Å²) in [6.45, 7) is 1.46. The topological polar surface area (TPSA) is 83.8 Å². The van der Waals surface area contributed by atoms with Gasteiger partial charge in [-0.25, -0.2) is 0 Å². The van der Waals surface area contributed by atoms with E-state index in [9.17, 15) is 9.59 Å². The molecule has 150 valence electrons. The van der Waals surface area contributed by atoms with E-state index >= 15 is 0 Å². The second-order valence-electron chi connectivity index (χ2n) is 6.49. The van der Waals surface area contributed by atoms with Crippen molar-refractivity contribution in [2.75, 3.05) is 13.2 Å². The fourth-order valence-electron chi connectivity index (χ4n) is 2.41. The van der Waals surface area contributed by atoms with E-state index in [4.69, 9.17) is 14.9 Å². The smallest absolute Gasteiger partial charge is 0.306 e. The van der Waals surface area contributed by atoms with Crippen molar-refractivity contribution in [1.82, 2.24) is 0 Å². The molecule has 26 heavy (non-hydrogen) atoms. The Bertz CT molecular complexity index is 411. The molecule has 5 heteroatoms. The Labute approximate surface area is 158 Å². The first-order valence-corrected chi connectivity index (χ1v) is 9.91. The van der Waals surface area contributed by atoms with Gasteiger partial charge in [0.1, 0.15) is 6.10 Å². The zero-order valence-corrected chi connectivity index (χ0v) is 16.2. The number of hydrogen-bond donors (Lipinski definition) is 2. The molecule has 0 aliphatic heterocycles. The molecule has 0 unspecified atom stereocenters. The lowest BCUT2D eigenvalue weighted by Gasteiger charge is -2.12. The zero-order valence-electron chi connectivity index (χ0n) is 16.2. The molecule has 0 amide bonds. The number of esters is 1. The number of ether oxygens (including phenoxy) is 1. The van der Waals surface area contributed by atoms with Gasteiger partial charge in [-0.15, -0.1) is 0 Å². The van der Waals surface area contributed by atoms with Gasteiger partial charge in [-0.3, -0.25) is 9.59 Å². The van der Waals surface area contributed by atoms with Crippen molar-refractivity contribution in [3.05, 3.63) is 24.3 Å². The first kappa shape index (κ1) is 24.5. The van der Waals surface area contributed by atoms with Gasteiger partial charge in [0.05, 0.1) is 13.2 Å². The molecule has 0 aliphatic carbocycles. The highest BCUT2D eigenvalue weighted by Crippen LogP contribution is 2.09. The number of aliphatic hydroxyl groups excluding tert-OH is 2. The van der Waals surface area contributed by atoms with Gasteiger partial charge in [-0.1, -0.05) is 57.3 Å². The molecule has 0 aromatic heterocycles. The lowest BCUT2D eigenvalue weighted by Crippen LogP contribution is -2.25. The number of hydrogen-bond acceptors (Lipinski definition) is 5. The number of allylic oxidation sites excluding steroid dienone is 4. The van der Waals surface area contributed by atoms with Gasteiger partial charge in [0, 0.05) is 12.8 Å². The van der Waals surface area contributed by atoms with Gasteiger partial charge in [-0.05, 0) is 31.8 Å². The summed E-state index contributed by atoms with van der Waals surface area (Å²) < 4.78 is 4.89. The van der Waals surface area contributed by atoms with E-state index in [1.165, 1.54) is 19.3 Å². The van der Waals surface area contributed by atoms with Gasteiger partial charge in [0.15, 0.2) is 5.78 Å². The predicted molar refractivity (Wildman–Crippen MR) is 104 cm³/mol. The van der Waals surface area contributed by atoms with Gasteiger partial charge in [0.25, 0.3) is 0 Å². The Kier molecular flexibility index (Phi) is 17.3. The Hall–Kier alpha value is -1.46.